The van der Waals surface area contributed by atoms with E-state index < -0.39 is 11.4 Å². The summed E-state index contributed by atoms with van der Waals surface area (Å²) in [6, 6.07) is 0. The van der Waals surface area contributed by atoms with Crippen molar-refractivity contribution >= 4 is 17.3 Å². The number of aryl methyl sites for hydroxylation is 1. The number of thiazole rings is 1. The molecule has 0 radical (unpaired) electrons. The number of rotatable bonds is 4. The van der Waals surface area contributed by atoms with Gasteiger partial charge in [-0.15, -0.1) is 11.3 Å². The van der Waals surface area contributed by atoms with E-state index in [4.69, 9.17) is 4.74 Å². The molecule has 2 fully saturated rings. The third kappa shape index (κ3) is 2.36. The fourth-order valence-corrected chi connectivity index (χ4v) is 4.07. The maximum absolute atomic E-state index is 11.7. The minimum absolute atomic E-state index is 0.109. The van der Waals surface area contributed by atoms with Crippen LogP contribution in [0.4, 0.5) is 0 Å². The molecule has 2 aliphatic rings. The molecule has 0 amide bonds. The summed E-state index contributed by atoms with van der Waals surface area (Å²) in [6.45, 7) is 5.40. The number of nitrogens with zero attached hydrogens (tertiary/aromatic N) is 2. The summed E-state index contributed by atoms with van der Waals surface area (Å²) >= 11 is 1.68. The van der Waals surface area contributed by atoms with E-state index in [0.717, 1.165) is 30.2 Å². The van der Waals surface area contributed by atoms with Crippen molar-refractivity contribution in [2.45, 2.75) is 26.3 Å². The lowest BCUT2D eigenvalue weighted by atomic mass is 9.74. The van der Waals surface area contributed by atoms with Crippen LogP contribution in [-0.2, 0) is 22.5 Å². The van der Waals surface area contributed by atoms with Crippen molar-refractivity contribution < 1.29 is 14.6 Å². The van der Waals surface area contributed by atoms with Crippen LogP contribution in [0.5, 0.6) is 0 Å². The summed E-state index contributed by atoms with van der Waals surface area (Å²) < 4.78 is 5.48. The second-order valence-electron chi connectivity index (χ2n) is 5.74. The van der Waals surface area contributed by atoms with Crippen LogP contribution in [0.1, 0.15) is 24.0 Å². The molecule has 0 bridgehead atoms. The molecule has 0 saturated carbocycles. The van der Waals surface area contributed by atoms with Crippen molar-refractivity contribution in [2.75, 3.05) is 26.3 Å². The summed E-state index contributed by atoms with van der Waals surface area (Å²) in [5.41, 5.74) is 0.453. The van der Waals surface area contributed by atoms with Gasteiger partial charge in [-0.25, -0.2) is 4.98 Å². The Morgan fingerprint density at radius 3 is 3.20 bits per heavy atom. The average Bonchev–Trinajstić information content (AvgIpc) is 3.03. The second-order valence-corrected chi connectivity index (χ2v) is 6.68. The molecular formula is C14H20N2O3S. The highest BCUT2D eigenvalue weighted by Gasteiger charge is 2.53. The number of carboxylic acids is 1. The Morgan fingerprint density at radius 1 is 1.70 bits per heavy atom. The lowest BCUT2D eigenvalue weighted by Crippen LogP contribution is -2.44. The zero-order valence-corrected chi connectivity index (χ0v) is 12.5. The van der Waals surface area contributed by atoms with Gasteiger partial charge in [-0.05, 0) is 12.8 Å². The topological polar surface area (TPSA) is 62.7 Å². The van der Waals surface area contributed by atoms with Gasteiger partial charge < -0.3 is 9.84 Å². The lowest BCUT2D eigenvalue weighted by molar-refractivity contribution is -0.157. The number of carbonyl (C=O) groups is 1. The number of aromatic nitrogens is 1. The molecular weight excluding hydrogens is 276 g/mol. The summed E-state index contributed by atoms with van der Waals surface area (Å²) in [6.07, 6.45) is 1.58. The van der Waals surface area contributed by atoms with Gasteiger partial charge in [-0.1, -0.05) is 6.92 Å². The molecule has 1 N–H and O–H groups in total. The molecule has 2 saturated heterocycles. The Morgan fingerprint density at radius 2 is 2.55 bits per heavy atom. The first-order valence-electron chi connectivity index (χ1n) is 7.11. The highest BCUT2D eigenvalue weighted by Crippen LogP contribution is 2.42. The predicted molar refractivity (Wildman–Crippen MR) is 75.8 cm³/mol. The third-order valence-corrected chi connectivity index (χ3v) is 5.53. The first-order valence-corrected chi connectivity index (χ1v) is 7.99. The molecule has 3 rings (SSSR count). The number of hydrogen-bond donors (Lipinski definition) is 1. The van der Waals surface area contributed by atoms with E-state index in [1.807, 2.05) is 0 Å². The maximum atomic E-state index is 11.7. The van der Waals surface area contributed by atoms with E-state index in [0.29, 0.717) is 26.2 Å². The molecule has 2 atom stereocenters. The Kier molecular flexibility index (Phi) is 3.79. The molecule has 1 aromatic rings. The average molecular weight is 296 g/mol. The molecule has 6 heteroatoms. The Labute approximate surface area is 122 Å². The molecule has 5 nitrogen and oxygen atoms in total. The number of carboxylic acid groups (broad SMARTS) is 1. The van der Waals surface area contributed by atoms with Gasteiger partial charge in [-0.3, -0.25) is 9.69 Å². The second kappa shape index (κ2) is 5.42. The van der Waals surface area contributed by atoms with E-state index in [9.17, 15) is 9.90 Å². The van der Waals surface area contributed by atoms with Crippen molar-refractivity contribution in [1.29, 1.82) is 0 Å². The largest absolute Gasteiger partial charge is 0.481 e. The summed E-state index contributed by atoms with van der Waals surface area (Å²) in [4.78, 5) is 18.5. The van der Waals surface area contributed by atoms with Crippen LogP contribution >= 0.6 is 11.3 Å². The van der Waals surface area contributed by atoms with Gasteiger partial charge in [0.05, 0.1) is 22.7 Å². The van der Waals surface area contributed by atoms with E-state index in [-0.39, 0.29) is 5.92 Å². The van der Waals surface area contributed by atoms with Crippen molar-refractivity contribution in [1.82, 2.24) is 9.88 Å². The summed E-state index contributed by atoms with van der Waals surface area (Å²) in [7, 11) is 0. The van der Waals surface area contributed by atoms with Crippen LogP contribution in [-0.4, -0.2) is 47.3 Å². The van der Waals surface area contributed by atoms with Gasteiger partial charge in [0.1, 0.15) is 0 Å². The molecule has 0 unspecified atom stereocenters. The number of hydrogen-bond acceptors (Lipinski definition) is 5. The highest BCUT2D eigenvalue weighted by atomic mass is 32.1. The van der Waals surface area contributed by atoms with E-state index in [2.05, 4.69) is 22.2 Å². The van der Waals surface area contributed by atoms with Crippen molar-refractivity contribution in [3.63, 3.8) is 0 Å². The number of aliphatic carboxylic acids is 1. The minimum atomic E-state index is -0.666. The molecule has 1 aromatic heterocycles. The zero-order chi connectivity index (χ0) is 14.2. The molecule has 20 heavy (non-hydrogen) atoms. The molecule has 2 aliphatic heterocycles. The molecule has 0 spiro atoms. The molecule has 0 aromatic carbocycles. The number of likely N-dealkylation sites (tertiary alicyclic amines) is 1. The van der Waals surface area contributed by atoms with E-state index in [1.165, 1.54) is 0 Å². The van der Waals surface area contributed by atoms with Crippen LogP contribution in [0.15, 0.2) is 5.38 Å². The van der Waals surface area contributed by atoms with Crippen molar-refractivity contribution in [3.05, 3.63) is 16.1 Å². The third-order valence-electron chi connectivity index (χ3n) is 4.49. The van der Waals surface area contributed by atoms with Crippen LogP contribution < -0.4 is 0 Å². The molecule has 3 heterocycles. The highest BCUT2D eigenvalue weighted by molar-refractivity contribution is 7.09. The fourth-order valence-electron chi connectivity index (χ4n) is 3.34. The van der Waals surface area contributed by atoms with Crippen molar-refractivity contribution in [2.24, 2.45) is 11.3 Å². The normalized spacial score (nSPS) is 30.4. The SMILES string of the molecule is CCc1nc(CN2C[C@@H]3COCC[C@]3(C(=O)O)C2)cs1. The van der Waals surface area contributed by atoms with Gasteiger partial charge >= 0.3 is 5.97 Å². The van der Waals surface area contributed by atoms with Crippen LogP contribution in [0, 0.1) is 11.3 Å². The maximum Gasteiger partial charge on any atom is 0.311 e. The van der Waals surface area contributed by atoms with Crippen LogP contribution in [0.3, 0.4) is 0 Å². The van der Waals surface area contributed by atoms with E-state index >= 15 is 0 Å². The standard InChI is InChI=1S/C14H20N2O3S/c1-2-12-15-11(8-20-12)6-16-5-10-7-19-4-3-14(10,9-16)13(17)18/h8,10H,2-7,9H2,1H3,(H,17,18)/t10-,14+/m1/s1. The minimum Gasteiger partial charge on any atom is -0.481 e. The summed E-state index contributed by atoms with van der Waals surface area (Å²) in [5.74, 6) is -0.557. The smallest absolute Gasteiger partial charge is 0.311 e. The first kappa shape index (κ1) is 14.0. The Hall–Kier alpha value is -0.980. The van der Waals surface area contributed by atoms with Gasteiger partial charge in [0, 0.05) is 37.5 Å². The lowest BCUT2D eigenvalue weighted by Gasteiger charge is -2.34. The monoisotopic (exact) mass is 296 g/mol. The zero-order valence-electron chi connectivity index (χ0n) is 11.7. The van der Waals surface area contributed by atoms with Gasteiger partial charge in [0.2, 0.25) is 0 Å². The molecule has 0 aliphatic carbocycles. The molecule has 110 valence electrons. The van der Waals surface area contributed by atoms with Crippen LogP contribution in [0.2, 0.25) is 0 Å². The van der Waals surface area contributed by atoms with Gasteiger partial charge in [0.25, 0.3) is 0 Å². The summed E-state index contributed by atoms with van der Waals surface area (Å²) in [5, 5.41) is 12.9. The fraction of sp³-hybridized carbons (Fsp3) is 0.714. The Balaban J connectivity index is 1.72. The predicted octanol–water partition coefficient (Wildman–Crippen LogP) is 1.63. The van der Waals surface area contributed by atoms with E-state index in [1.54, 1.807) is 11.3 Å². The van der Waals surface area contributed by atoms with Crippen molar-refractivity contribution in [3.8, 4) is 0 Å². The van der Waals surface area contributed by atoms with Crippen LogP contribution in [0.25, 0.3) is 0 Å². The quantitative estimate of drug-likeness (QED) is 0.915. The number of fused-ring (bicyclic) bond motifs is 1. The van der Waals surface area contributed by atoms with Gasteiger partial charge in [0.15, 0.2) is 0 Å². The number of ether oxygens (including phenoxy) is 1. The Bertz CT molecular complexity index is 504. The first-order chi connectivity index (χ1) is 9.64. The van der Waals surface area contributed by atoms with Gasteiger partial charge in [-0.2, -0.15) is 0 Å².